The summed E-state index contributed by atoms with van der Waals surface area (Å²) in [6.45, 7) is 0. The second-order valence-electron chi connectivity index (χ2n) is 1.81. The summed E-state index contributed by atoms with van der Waals surface area (Å²) in [7, 11) is 0. The minimum Gasteiger partial charge on any atom is -0.411 e. The lowest BCUT2D eigenvalue weighted by molar-refractivity contribution is 0.321. The van der Waals surface area contributed by atoms with Gasteiger partial charge in [-0.3, -0.25) is 0 Å². The fourth-order valence-electron chi connectivity index (χ4n) is 0.639. The number of nitrogens with zero attached hydrogens (tertiary/aromatic N) is 1. The van der Waals surface area contributed by atoms with Crippen molar-refractivity contribution in [1.82, 2.24) is 0 Å². The third-order valence-corrected chi connectivity index (χ3v) is 1.12. The second kappa shape index (κ2) is 3.09. The maximum atomic E-state index is 12.6. The van der Waals surface area contributed by atoms with Gasteiger partial charge in [-0.1, -0.05) is 5.16 Å². The highest BCUT2D eigenvalue weighted by molar-refractivity contribution is 5.79. The standard InChI is InChI=1S/C7H4F2NO/c8-6-2-1-3-7(9)5(6)4-10-11/h2-4,11H/b10-4-. The predicted molar refractivity (Wildman–Crippen MR) is 34.6 cm³/mol. The number of rotatable bonds is 1. The molecule has 0 aliphatic rings. The third-order valence-electron chi connectivity index (χ3n) is 1.12. The summed E-state index contributed by atoms with van der Waals surface area (Å²) >= 11 is 0. The van der Waals surface area contributed by atoms with Gasteiger partial charge in [-0.2, -0.15) is 0 Å². The predicted octanol–water partition coefficient (Wildman–Crippen LogP) is 1.57. The lowest BCUT2D eigenvalue weighted by Gasteiger charge is -1.94. The van der Waals surface area contributed by atoms with E-state index in [0.29, 0.717) is 6.21 Å². The van der Waals surface area contributed by atoms with Gasteiger partial charge in [0.1, 0.15) is 11.6 Å². The van der Waals surface area contributed by atoms with E-state index >= 15 is 0 Å². The SMILES string of the molecule is O/N=C\c1c(F)c[c]cc1F. The van der Waals surface area contributed by atoms with Gasteiger partial charge in [-0.05, 0) is 18.2 Å². The smallest absolute Gasteiger partial charge is 0.135 e. The van der Waals surface area contributed by atoms with Crippen molar-refractivity contribution in [1.29, 1.82) is 0 Å². The molecule has 0 aliphatic carbocycles. The van der Waals surface area contributed by atoms with Gasteiger partial charge in [0.05, 0.1) is 11.8 Å². The van der Waals surface area contributed by atoms with Crippen LogP contribution in [0.4, 0.5) is 8.78 Å². The molecule has 4 heteroatoms. The van der Waals surface area contributed by atoms with Gasteiger partial charge in [0, 0.05) is 0 Å². The van der Waals surface area contributed by atoms with Crippen molar-refractivity contribution in [3.8, 4) is 0 Å². The van der Waals surface area contributed by atoms with Crippen LogP contribution >= 0.6 is 0 Å². The molecule has 0 spiro atoms. The number of halogens is 2. The summed E-state index contributed by atoms with van der Waals surface area (Å²) in [6.07, 6.45) is 0.693. The van der Waals surface area contributed by atoms with Crippen molar-refractivity contribution in [3.05, 3.63) is 35.4 Å². The highest BCUT2D eigenvalue weighted by Gasteiger charge is 2.04. The Balaban J connectivity index is 3.20. The molecule has 0 bridgehead atoms. The van der Waals surface area contributed by atoms with Crippen molar-refractivity contribution in [2.24, 2.45) is 5.16 Å². The van der Waals surface area contributed by atoms with E-state index in [1.54, 1.807) is 0 Å². The fraction of sp³-hybridized carbons (Fsp3) is 0. The van der Waals surface area contributed by atoms with Gasteiger partial charge in [0.25, 0.3) is 0 Å². The molecule has 1 aromatic rings. The molecule has 0 aliphatic heterocycles. The fourth-order valence-corrected chi connectivity index (χ4v) is 0.639. The topological polar surface area (TPSA) is 32.6 Å². The summed E-state index contributed by atoms with van der Waals surface area (Å²) in [6, 6.07) is 4.15. The maximum Gasteiger partial charge on any atom is 0.135 e. The van der Waals surface area contributed by atoms with Crippen molar-refractivity contribution in [3.63, 3.8) is 0 Å². The largest absolute Gasteiger partial charge is 0.411 e. The maximum absolute atomic E-state index is 12.6. The van der Waals surface area contributed by atoms with Gasteiger partial charge >= 0.3 is 0 Å². The van der Waals surface area contributed by atoms with Crippen molar-refractivity contribution < 1.29 is 14.0 Å². The first-order valence-corrected chi connectivity index (χ1v) is 2.78. The number of hydrogen-bond donors (Lipinski definition) is 1. The average Bonchev–Trinajstić information content (AvgIpc) is 1.97. The molecule has 1 N–H and O–H groups in total. The summed E-state index contributed by atoms with van der Waals surface area (Å²) in [5.41, 5.74) is -0.369. The molecule has 11 heavy (non-hydrogen) atoms. The third kappa shape index (κ3) is 1.52. The summed E-state index contributed by atoms with van der Waals surface area (Å²) in [4.78, 5) is 0. The minimum absolute atomic E-state index is 0.369. The summed E-state index contributed by atoms with van der Waals surface area (Å²) < 4.78 is 25.1. The van der Waals surface area contributed by atoms with E-state index in [1.165, 1.54) is 0 Å². The molecular formula is C7H4F2NO. The quantitative estimate of drug-likeness (QED) is 0.373. The molecule has 1 rings (SSSR count). The van der Waals surface area contributed by atoms with Crippen LogP contribution in [0.3, 0.4) is 0 Å². The molecule has 1 aromatic carbocycles. The molecule has 0 amide bonds. The van der Waals surface area contributed by atoms with E-state index in [0.717, 1.165) is 12.1 Å². The minimum atomic E-state index is -0.803. The van der Waals surface area contributed by atoms with Crippen LogP contribution in [-0.4, -0.2) is 11.4 Å². The highest BCUT2D eigenvalue weighted by Crippen LogP contribution is 2.08. The molecule has 0 aromatic heterocycles. The van der Waals surface area contributed by atoms with E-state index in [1.807, 2.05) is 0 Å². The molecule has 0 saturated carbocycles. The van der Waals surface area contributed by atoms with Crippen LogP contribution in [0.15, 0.2) is 17.3 Å². The molecule has 0 fully saturated rings. The van der Waals surface area contributed by atoms with Gasteiger partial charge in [0.2, 0.25) is 0 Å². The number of benzene rings is 1. The van der Waals surface area contributed by atoms with Crippen LogP contribution in [0.1, 0.15) is 5.56 Å². The van der Waals surface area contributed by atoms with Gasteiger partial charge < -0.3 is 5.21 Å². The van der Waals surface area contributed by atoms with E-state index in [-0.39, 0.29) is 5.56 Å². The molecular weight excluding hydrogens is 152 g/mol. The van der Waals surface area contributed by atoms with E-state index in [2.05, 4.69) is 11.2 Å². The molecule has 0 atom stereocenters. The van der Waals surface area contributed by atoms with Crippen LogP contribution in [0.2, 0.25) is 0 Å². The van der Waals surface area contributed by atoms with Gasteiger partial charge in [-0.25, -0.2) is 8.78 Å². The molecule has 0 heterocycles. The molecule has 0 saturated heterocycles. The highest BCUT2D eigenvalue weighted by atomic mass is 19.1. The van der Waals surface area contributed by atoms with Gasteiger partial charge in [-0.15, -0.1) is 0 Å². The Morgan fingerprint density at radius 1 is 1.36 bits per heavy atom. The number of oxime groups is 1. The first-order chi connectivity index (χ1) is 5.25. The van der Waals surface area contributed by atoms with E-state index in [4.69, 9.17) is 5.21 Å². The average molecular weight is 156 g/mol. The molecule has 1 radical (unpaired) electrons. The van der Waals surface area contributed by atoms with Crippen LogP contribution < -0.4 is 0 Å². The zero-order chi connectivity index (χ0) is 8.27. The van der Waals surface area contributed by atoms with Crippen LogP contribution in [-0.2, 0) is 0 Å². The number of hydrogen-bond acceptors (Lipinski definition) is 2. The molecule has 2 nitrogen and oxygen atoms in total. The Labute approximate surface area is 61.8 Å². The Bertz CT molecular complexity index is 266. The monoisotopic (exact) mass is 156 g/mol. The first-order valence-electron chi connectivity index (χ1n) is 2.78. The van der Waals surface area contributed by atoms with E-state index < -0.39 is 11.6 Å². The first kappa shape index (κ1) is 7.65. The Morgan fingerprint density at radius 3 is 2.36 bits per heavy atom. The lowest BCUT2D eigenvalue weighted by Crippen LogP contribution is -1.92. The van der Waals surface area contributed by atoms with Gasteiger partial charge in [0.15, 0.2) is 0 Å². The second-order valence-corrected chi connectivity index (χ2v) is 1.81. The molecule has 0 unspecified atom stereocenters. The summed E-state index contributed by atoms with van der Waals surface area (Å²) in [5.74, 6) is -1.61. The Kier molecular flexibility index (Phi) is 2.15. The van der Waals surface area contributed by atoms with Crippen molar-refractivity contribution >= 4 is 6.21 Å². The van der Waals surface area contributed by atoms with E-state index in [9.17, 15) is 8.78 Å². The lowest BCUT2D eigenvalue weighted by atomic mass is 10.2. The van der Waals surface area contributed by atoms with Crippen LogP contribution in [0, 0.1) is 17.7 Å². The Morgan fingerprint density at radius 2 is 1.91 bits per heavy atom. The molecule has 57 valence electrons. The Hall–Kier alpha value is -1.45. The van der Waals surface area contributed by atoms with Crippen LogP contribution in [0.5, 0.6) is 0 Å². The summed E-state index contributed by atoms with van der Waals surface area (Å²) in [5, 5.41) is 10.5. The zero-order valence-corrected chi connectivity index (χ0v) is 5.38. The zero-order valence-electron chi connectivity index (χ0n) is 5.38. The van der Waals surface area contributed by atoms with Crippen molar-refractivity contribution in [2.45, 2.75) is 0 Å². The van der Waals surface area contributed by atoms with Crippen LogP contribution in [0.25, 0.3) is 0 Å². The normalized spacial score (nSPS) is 10.7. The van der Waals surface area contributed by atoms with Crippen molar-refractivity contribution in [2.75, 3.05) is 0 Å².